The van der Waals surface area contributed by atoms with Gasteiger partial charge in [-0.3, -0.25) is 0 Å². The third-order valence-corrected chi connectivity index (χ3v) is 6.06. The molecular weight excluding hydrogens is 326 g/mol. The first-order valence-electron chi connectivity index (χ1n) is 7.67. The van der Waals surface area contributed by atoms with Gasteiger partial charge in [0.1, 0.15) is 0 Å². The number of hydrogen-bond donors (Lipinski definition) is 0. The molecule has 3 heterocycles. The molecule has 0 amide bonds. The van der Waals surface area contributed by atoms with Gasteiger partial charge in [0.15, 0.2) is 0 Å². The second-order valence-corrected chi connectivity index (χ2v) is 7.33. The number of aromatic nitrogens is 2. The summed E-state index contributed by atoms with van der Waals surface area (Å²) in [6.45, 7) is 0.987. The van der Waals surface area contributed by atoms with Crippen LogP contribution in [0.3, 0.4) is 0 Å². The molecule has 0 fully saturated rings. The fourth-order valence-corrected chi connectivity index (χ4v) is 5.02. The lowest BCUT2D eigenvalue weighted by Crippen LogP contribution is -2.31. The van der Waals surface area contributed by atoms with E-state index in [2.05, 4.69) is 44.8 Å². The highest BCUT2D eigenvalue weighted by Gasteiger charge is 2.34. The lowest BCUT2D eigenvalue weighted by Gasteiger charge is -2.41. The van der Waals surface area contributed by atoms with Crippen molar-refractivity contribution in [3.05, 3.63) is 65.7 Å². The molecule has 0 radical (unpaired) electrons. The Morgan fingerprint density at radius 2 is 2.04 bits per heavy atom. The van der Waals surface area contributed by atoms with Crippen LogP contribution in [0.25, 0.3) is 0 Å². The monoisotopic (exact) mass is 339 g/mol. The number of halogens is 1. The molecule has 2 aliphatic heterocycles. The molecule has 23 heavy (non-hydrogen) atoms. The second kappa shape index (κ2) is 5.05. The minimum Gasteiger partial charge on any atom is -0.339 e. The van der Waals surface area contributed by atoms with Gasteiger partial charge >= 0.3 is 0 Å². The van der Waals surface area contributed by atoms with Crippen LogP contribution in [0.5, 0.6) is 0 Å². The molecule has 1 atom stereocenters. The summed E-state index contributed by atoms with van der Waals surface area (Å²) in [6.07, 6.45) is 6.77. The van der Waals surface area contributed by atoms with Gasteiger partial charge in [-0.2, -0.15) is 0 Å². The zero-order valence-corrected chi connectivity index (χ0v) is 13.9. The van der Waals surface area contributed by atoms with Gasteiger partial charge in [0.05, 0.1) is 23.7 Å². The molecule has 0 saturated carbocycles. The Balaban J connectivity index is 1.75. The molecule has 0 N–H and O–H groups in total. The smallest absolute Gasteiger partial charge is 0.0951 e. The first-order chi connectivity index (χ1) is 11.3. The predicted molar refractivity (Wildman–Crippen MR) is 94.0 cm³/mol. The van der Waals surface area contributed by atoms with Crippen LogP contribution in [0.2, 0.25) is 5.02 Å². The number of hydrogen-bond acceptors (Lipinski definition) is 3. The molecule has 2 aliphatic rings. The lowest BCUT2D eigenvalue weighted by molar-refractivity contribution is 0.522. The number of fused-ring (bicyclic) bond motifs is 2. The zero-order chi connectivity index (χ0) is 15.4. The molecule has 2 aromatic carbocycles. The summed E-state index contributed by atoms with van der Waals surface area (Å²) in [5, 5.41) is 0.840. The summed E-state index contributed by atoms with van der Waals surface area (Å²) in [4.78, 5) is 9.24. The number of anilines is 2. The molecule has 3 aromatic rings. The number of benzene rings is 2. The molecule has 1 aromatic heterocycles. The maximum absolute atomic E-state index is 6.63. The minimum atomic E-state index is 0.252. The van der Waals surface area contributed by atoms with E-state index in [0.717, 1.165) is 18.0 Å². The summed E-state index contributed by atoms with van der Waals surface area (Å²) < 4.78 is 2.17. The normalized spacial score (nSPS) is 18.5. The van der Waals surface area contributed by atoms with Gasteiger partial charge in [0.25, 0.3) is 0 Å². The van der Waals surface area contributed by atoms with Crippen LogP contribution in [0, 0.1) is 0 Å². The van der Waals surface area contributed by atoms with Crippen molar-refractivity contribution in [2.24, 2.45) is 0 Å². The maximum Gasteiger partial charge on any atom is 0.0951 e. The van der Waals surface area contributed by atoms with Crippen molar-refractivity contribution in [3.63, 3.8) is 0 Å². The Labute approximate surface area is 143 Å². The van der Waals surface area contributed by atoms with Crippen molar-refractivity contribution >= 4 is 34.7 Å². The van der Waals surface area contributed by atoms with Gasteiger partial charge < -0.3 is 9.47 Å². The molecular formula is C18H14ClN3S. The Bertz CT molecular complexity index is 891. The van der Waals surface area contributed by atoms with Gasteiger partial charge in [-0.1, -0.05) is 35.5 Å². The van der Waals surface area contributed by atoms with E-state index in [1.54, 1.807) is 0 Å². The van der Waals surface area contributed by atoms with Crippen LogP contribution in [0.1, 0.15) is 18.0 Å². The van der Waals surface area contributed by atoms with Crippen LogP contribution in [0.4, 0.5) is 11.4 Å². The van der Waals surface area contributed by atoms with Gasteiger partial charge in [-0.25, -0.2) is 4.98 Å². The topological polar surface area (TPSA) is 21.1 Å². The first-order valence-corrected chi connectivity index (χ1v) is 8.86. The van der Waals surface area contributed by atoms with E-state index >= 15 is 0 Å². The highest BCUT2D eigenvalue weighted by atomic mass is 35.5. The number of rotatable bonds is 1. The van der Waals surface area contributed by atoms with E-state index in [-0.39, 0.29) is 6.04 Å². The highest BCUT2D eigenvalue weighted by Crippen LogP contribution is 2.54. The Morgan fingerprint density at radius 1 is 1.13 bits per heavy atom. The van der Waals surface area contributed by atoms with Crippen LogP contribution < -0.4 is 4.90 Å². The molecule has 1 unspecified atom stereocenters. The van der Waals surface area contributed by atoms with E-state index in [4.69, 9.17) is 11.6 Å². The summed E-state index contributed by atoms with van der Waals surface area (Å²) >= 11 is 8.46. The molecule has 0 aliphatic carbocycles. The number of imidazole rings is 1. The highest BCUT2D eigenvalue weighted by molar-refractivity contribution is 7.99. The Hall–Kier alpha value is -1.91. The van der Waals surface area contributed by atoms with E-state index in [1.807, 2.05) is 36.5 Å². The average Bonchev–Trinajstić information content (AvgIpc) is 3.12. The van der Waals surface area contributed by atoms with Crippen molar-refractivity contribution in [3.8, 4) is 0 Å². The third kappa shape index (κ3) is 1.95. The summed E-state index contributed by atoms with van der Waals surface area (Å²) in [7, 11) is 0. The second-order valence-electron chi connectivity index (χ2n) is 5.84. The standard InChI is InChI=1S/C18H14ClN3S/c19-12-5-6-16-18-17(12)14(21-10-8-20-11-21)7-9-22(18)13-3-1-2-4-15(13)23-16/h1-6,8,10-11,14H,7,9H2. The summed E-state index contributed by atoms with van der Waals surface area (Å²) in [6, 6.07) is 13.0. The van der Waals surface area contributed by atoms with E-state index in [9.17, 15) is 0 Å². The molecule has 0 saturated heterocycles. The predicted octanol–water partition coefficient (Wildman–Crippen LogP) is 5.13. The molecule has 5 rings (SSSR count). The van der Waals surface area contributed by atoms with Crippen molar-refractivity contribution < 1.29 is 0 Å². The lowest BCUT2D eigenvalue weighted by atomic mass is 9.95. The SMILES string of the molecule is Clc1ccc2c3c1C(n1ccnc1)CCN3c1ccccc1S2. The first kappa shape index (κ1) is 13.5. The van der Waals surface area contributed by atoms with Gasteiger partial charge in [-0.05, 0) is 30.7 Å². The number of nitrogens with zero attached hydrogens (tertiary/aromatic N) is 3. The number of para-hydroxylation sites is 1. The van der Waals surface area contributed by atoms with Gasteiger partial charge in [0.2, 0.25) is 0 Å². The van der Waals surface area contributed by atoms with Crippen molar-refractivity contribution in [2.75, 3.05) is 11.4 Å². The van der Waals surface area contributed by atoms with Crippen molar-refractivity contribution in [2.45, 2.75) is 22.3 Å². The Kier molecular flexibility index (Phi) is 2.97. The Morgan fingerprint density at radius 3 is 2.91 bits per heavy atom. The summed E-state index contributed by atoms with van der Waals surface area (Å²) in [5.74, 6) is 0. The third-order valence-electron chi connectivity index (χ3n) is 4.62. The van der Waals surface area contributed by atoms with Gasteiger partial charge in [-0.15, -0.1) is 0 Å². The fraction of sp³-hybridized carbons (Fsp3) is 0.167. The van der Waals surface area contributed by atoms with Crippen LogP contribution >= 0.6 is 23.4 Å². The van der Waals surface area contributed by atoms with Crippen molar-refractivity contribution in [1.82, 2.24) is 9.55 Å². The van der Waals surface area contributed by atoms with E-state index in [1.165, 1.54) is 26.7 Å². The minimum absolute atomic E-state index is 0.252. The largest absolute Gasteiger partial charge is 0.339 e. The van der Waals surface area contributed by atoms with Crippen LogP contribution in [0.15, 0.2) is 64.9 Å². The van der Waals surface area contributed by atoms with Crippen LogP contribution in [-0.2, 0) is 0 Å². The zero-order valence-electron chi connectivity index (χ0n) is 12.3. The fourth-order valence-electron chi connectivity index (χ4n) is 3.63. The summed E-state index contributed by atoms with van der Waals surface area (Å²) in [5.41, 5.74) is 3.78. The van der Waals surface area contributed by atoms with E-state index in [0.29, 0.717) is 0 Å². The average molecular weight is 340 g/mol. The van der Waals surface area contributed by atoms with Crippen molar-refractivity contribution in [1.29, 1.82) is 0 Å². The quantitative estimate of drug-likeness (QED) is 0.613. The maximum atomic E-state index is 6.63. The van der Waals surface area contributed by atoms with Crippen LogP contribution in [-0.4, -0.2) is 16.1 Å². The van der Waals surface area contributed by atoms with Gasteiger partial charge in [0, 0.05) is 39.3 Å². The molecule has 114 valence electrons. The molecule has 3 nitrogen and oxygen atoms in total. The molecule has 5 heteroatoms. The molecule has 0 bridgehead atoms. The van der Waals surface area contributed by atoms with E-state index < -0.39 is 0 Å². The molecule has 0 spiro atoms.